The topological polar surface area (TPSA) is 89.6 Å². The predicted octanol–water partition coefficient (Wildman–Crippen LogP) is 2.09. The van der Waals surface area contributed by atoms with Gasteiger partial charge in [-0.3, -0.25) is 4.79 Å². The average Bonchev–Trinajstić information content (AvgIpc) is 2.28. The van der Waals surface area contributed by atoms with E-state index in [1.54, 1.807) is 0 Å². The van der Waals surface area contributed by atoms with Crippen molar-refractivity contribution >= 4 is 40.2 Å². The Morgan fingerprint density at radius 2 is 2.12 bits per heavy atom. The Bertz CT molecular complexity index is 433. The maximum absolute atomic E-state index is 11.4. The zero-order valence-corrected chi connectivity index (χ0v) is 11.1. The van der Waals surface area contributed by atoms with Gasteiger partial charge in [0, 0.05) is 10.8 Å². The maximum atomic E-state index is 11.4. The number of carbonyl (C=O) groups excluding carboxylic acids is 1. The summed E-state index contributed by atoms with van der Waals surface area (Å²) in [6, 6.07) is 4.32. The lowest BCUT2D eigenvalue weighted by atomic mass is 10.1. The van der Waals surface area contributed by atoms with Gasteiger partial charge in [-0.1, -0.05) is 28.7 Å². The van der Waals surface area contributed by atoms with Crippen molar-refractivity contribution in [3.8, 4) is 5.75 Å². The zero-order valence-electron chi connectivity index (χ0n) is 8.98. The number of hydrogen-bond acceptors (Lipinski definition) is 4. The number of rotatable bonds is 5. The number of benzene rings is 1. The standard InChI is InChI=1S/C11H12INO4/c12-6-2-5-9(14)17-8-4-1-3-7(10(8)13)11(15)16/h1,3-4H,2,5-6,13H2,(H,15,16). The molecule has 0 aliphatic carbocycles. The van der Waals surface area contributed by atoms with Gasteiger partial charge in [0.2, 0.25) is 0 Å². The van der Waals surface area contributed by atoms with Crippen LogP contribution in [0.2, 0.25) is 0 Å². The highest BCUT2D eigenvalue weighted by molar-refractivity contribution is 14.1. The molecule has 92 valence electrons. The molecule has 1 aromatic rings. The Morgan fingerprint density at radius 1 is 1.41 bits per heavy atom. The summed E-state index contributed by atoms with van der Waals surface area (Å²) in [6.45, 7) is 0. The molecule has 0 aliphatic rings. The first-order valence-electron chi connectivity index (χ1n) is 4.94. The van der Waals surface area contributed by atoms with Crippen LogP contribution >= 0.6 is 22.6 Å². The summed E-state index contributed by atoms with van der Waals surface area (Å²) in [5, 5.41) is 8.84. The smallest absolute Gasteiger partial charge is 0.337 e. The van der Waals surface area contributed by atoms with E-state index in [1.165, 1.54) is 18.2 Å². The van der Waals surface area contributed by atoms with Gasteiger partial charge < -0.3 is 15.6 Å². The summed E-state index contributed by atoms with van der Waals surface area (Å²) in [4.78, 5) is 22.2. The largest absolute Gasteiger partial charge is 0.478 e. The molecule has 0 saturated carbocycles. The number of carbonyl (C=O) groups is 2. The van der Waals surface area contributed by atoms with Gasteiger partial charge in [-0.25, -0.2) is 4.79 Å². The van der Waals surface area contributed by atoms with Crippen molar-refractivity contribution in [1.29, 1.82) is 0 Å². The van der Waals surface area contributed by atoms with Crippen molar-refractivity contribution < 1.29 is 19.4 Å². The minimum Gasteiger partial charge on any atom is -0.478 e. The lowest BCUT2D eigenvalue weighted by Gasteiger charge is -2.08. The van der Waals surface area contributed by atoms with Crippen LogP contribution in [-0.4, -0.2) is 21.5 Å². The van der Waals surface area contributed by atoms with Gasteiger partial charge in [0.05, 0.1) is 11.3 Å². The van der Waals surface area contributed by atoms with Crippen LogP contribution in [0.15, 0.2) is 18.2 Å². The molecule has 1 rings (SSSR count). The molecule has 0 aromatic heterocycles. The fourth-order valence-corrected chi connectivity index (χ4v) is 1.59. The van der Waals surface area contributed by atoms with Crippen LogP contribution in [0, 0.1) is 0 Å². The van der Waals surface area contributed by atoms with Crippen LogP contribution in [0.1, 0.15) is 23.2 Å². The summed E-state index contributed by atoms with van der Waals surface area (Å²) in [5.74, 6) is -1.45. The molecular formula is C11H12INO4. The molecule has 0 unspecified atom stereocenters. The fourth-order valence-electron chi connectivity index (χ4n) is 1.20. The van der Waals surface area contributed by atoms with Crippen molar-refractivity contribution in [1.82, 2.24) is 0 Å². The lowest BCUT2D eigenvalue weighted by molar-refractivity contribution is -0.134. The van der Waals surface area contributed by atoms with Crippen molar-refractivity contribution in [2.24, 2.45) is 0 Å². The van der Waals surface area contributed by atoms with E-state index >= 15 is 0 Å². The lowest BCUT2D eigenvalue weighted by Crippen LogP contribution is -2.11. The van der Waals surface area contributed by atoms with Gasteiger partial charge in [0.25, 0.3) is 0 Å². The molecule has 5 nitrogen and oxygen atoms in total. The number of esters is 1. The second-order valence-corrected chi connectivity index (χ2v) is 4.37. The van der Waals surface area contributed by atoms with E-state index in [-0.39, 0.29) is 17.0 Å². The Hall–Kier alpha value is -1.31. The van der Waals surface area contributed by atoms with E-state index in [0.29, 0.717) is 6.42 Å². The highest BCUT2D eigenvalue weighted by atomic mass is 127. The molecule has 6 heteroatoms. The SMILES string of the molecule is Nc1c(OC(=O)CCCI)cccc1C(=O)O. The first-order chi connectivity index (χ1) is 8.06. The monoisotopic (exact) mass is 349 g/mol. The van der Waals surface area contributed by atoms with E-state index in [9.17, 15) is 9.59 Å². The summed E-state index contributed by atoms with van der Waals surface area (Å²) < 4.78 is 5.87. The van der Waals surface area contributed by atoms with Gasteiger partial charge in [-0.15, -0.1) is 0 Å². The number of carboxylic acid groups (broad SMARTS) is 1. The van der Waals surface area contributed by atoms with Gasteiger partial charge in [-0.2, -0.15) is 0 Å². The third-order valence-corrected chi connectivity index (χ3v) is 2.80. The van der Waals surface area contributed by atoms with Crippen LogP contribution < -0.4 is 10.5 Å². The molecule has 0 fully saturated rings. The minimum atomic E-state index is -1.15. The molecule has 3 N–H and O–H groups in total. The van der Waals surface area contributed by atoms with E-state index in [2.05, 4.69) is 22.6 Å². The minimum absolute atomic E-state index is 0.0252. The van der Waals surface area contributed by atoms with Gasteiger partial charge >= 0.3 is 11.9 Å². The Balaban J connectivity index is 2.81. The Kier molecular flexibility index (Phi) is 5.20. The van der Waals surface area contributed by atoms with E-state index < -0.39 is 11.9 Å². The second kappa shape index (κ2) is 6.43. The van der Waals surface area contributed by atoms with Gasteiger partial charge in [0.1, 0.15) is 0 Å². The Morgan fingerprint density at radius 3 is 2.71 bits per heavy atom. The zero-order chi connectivity index (χ0) is 12.8. The molecule has 0 amide bonds. The molecule has 0 spiro atoms. The molecule has 0 bridgehead atoms. The average molecular weight is 349 g/mol. The van der Waals surface area contributed by atoms with E-state index in [1.807, 2.05) is 0 Å². The van der Waals surface area contributed by atoms with Crippen LogP contribution in [0.4, 0.5) is 5.69 Å². The molecule has 0 radical (unpaired) electrons. The van der Waals surface area contributed by atoms with Crippen LogP contribution in [0.25, 0.3) is 0 Å². The Labute approximate surface area is 112 Å². The second-order valence-electron chi connectivity index (χ2n) is 3.29. The third kappa shape index (κ3) is 3.88. The maximum Gasteiger partial charge on any atom is 0.337 e. The van der Waals surface area contributed by atoms with Crippen molar-refractivity contribution in [3.05, 3.63) is 23.8 Å². The molecule has 0 aliphatic heterocycles. The number of halogens is 1. The van der Waals surface area contributed by atoms with Gasteiger partial charge in [0.15, 0.2) is 5.75 Å². The van der Waals surface area contributed by atoms with E-state index in [4.69, 9.17) is 15.6 Å². The number of carboxylic acids is 1. The number of anilines is 1. The van der Waals surface area contributed by atoms with Crippen molar-refractivity contribution in [3.63, 3.8) is 0 Å². The highest BCUT2D eigenvalue weighted by Gasteiger charge is 2.14. The molecule has 0 heterocycles. The third-order valence-electron chi connectivity index (χ3n) is 2.03. The fraction of sp³-hybridized carbons (Fsp3) is 0.273. The van der Waals surface area contributed by atoms with Crippen LogP contribution in [0.5, 0.6) is 5.75 Å². The number of nitrogens with two attached hydrogens (primary N) is 1. The molecule has 0 saturated heterocycles. The number of nitrogen functional groups attached to an aromatic ring is 1. The summed E-state index contributed by atoms with van der Waals surface area (Å²) in [5.41, 5.74) is 5.51. The summed E-state index contributed by atoms with van der Waals surface area (Å²) >= 11 is 2.16. The normalized spacial score (nSPS) is 9.94. The molecule has 1 aromatic carbocycles. The first kappa shape index (κ1) is 13.8. The van der Waals surface area contributed by atoms with Gasteiger partial charge in [-0.05, 0) is 18.6 Å². The van der Waals surface area contributed by atoms with Crippen molar-refractivity contribution in [2.45, 2.75) is 12.8 Å². The summed E-state index contributed by atoms with van der Waals surface area (Å²) in [7, 11) is 0. The number of alkyl halides is 1. The number of aromatic carboxylic acids is 1. The first-order valence-corrected chi connectivity index (χ1v) is 6.47. The van der Waals surface area contributed by atoms with Crippen molar-refractivity contribution in [2.75, 3.05) is 10.2 Å². The molecular weight excluding hydrogens is 337 g/mol. The predicted molar refractivity (Wildman–Crippen MR) is 71.6 cm³/mol. The highest BCUT2D eigenvalue weighted by Crippen LogP contribution is 2.25. The van der Waals surface area contributed by atoms with Crippen LogP contribution in [-0.2, 0) is 4.79 Å². The summed E-state index contributed by atoms with van der Waals surface area (Å²) in [6.07, 6.45) is 1.01. The number of para-hydroxylation sites is 1. The number of hydrogen-bond donors (Lipinski definition) is 2. The van der Waals surface area contributed by atoms with E-state index in [0.717, 1.165) is 10.8 Å². The number of ether oxygens (including phenoxy) is 1. The van der Waals surface area contributed by atoms with Crippen LogP contribution in [0.3, 0.4) is 0 Å². The quantitative estimate of drug-likeness (QED) is 0.279. The molecule has 0 atom stereocenters. The molecule has 17 heavy (non-hydrogen) atoms.